The predicted octanol–water partition coefficient (Wildman–Crippen LogP) is 3.21. The van der Waals surface area contributed by atoms with Gasteiger partial charge < -0.3 is 14.8 Å². The molecule has 0 aliphatic carbocycles. The Morgan fingerprint density at radius 1 is 1.42 bits per heavy atom. The van der Waals surface area contributed by atoms with E-state index in [4.69, 9.17) is 4.74 Å². The van der Waals surface area contributed by atoms with Crippen LogP contribution in [0.25, 0.3) is 0 Å². The van der Waals surface area contributed by atoms with Gasteiger partial charge in [0.05, 0.1) is 23.8 Å². The van der Waals surface area contributed by atoms with Crippen molar-refractivity contribution < 1.29 is 23.0 Å². The lowest BCUT2D eigenvalue weighted by atomic mass is 10.2. The number of aromatic nitrogens is 2. The number of benzene rings is 1. The van der Waals surface area contributed by atoms with Gasteiger partial charge in [0, 0.05) is 18.3 Å². The van der Waals surface area contributed by atoms with Gasteiger partial charge in [0.15, 0.2) is 11.5 Å². The molecule has 0 atom stereocenters. The van der Waals surface area contributed by atoms with Crippen molar-refractivity contribution in [1.82, 2.24) is 15.1 Å². The van der Waals surface area contributed by atoms with Gasteiger partial charge in [0.25, 0.3) is 5.91 Å². The van der Waals surface area contributed by atoms with E-state index in [0.717, 1.165) is 11.0 Å². The molecule has 130 valence electrons. The van der Waals surface area contributed by atoms with Crippen molar-refractivity contribution in [3.8, 4) is 11.5 Å². The third kappa shape index (κ3) is 4.44. The van der Waals surface area contributed by atoms with E-state index >= 15 is 0 Å². The van der Waals surface area contributed by atoms with Crippen molar-refractivity contribution in [2.24, 2.45) is 0 Å². The average Bonchev–Trinajstić information content (AvgIpc) is 2.92. The van der Waals surface area contributed by atoms with Gasteiger partial charge in [-0.3, -0.25) is 9.48 Å². The molecule has 9 heteroatoms. The second kappa shape index (κ2) is 8.09. The standard InChI is InChI=1S/C15H16BrF2N3O3/c1-3-21-8-10(16)11(20-21)7-19-14(22)9-4-5-12(24-15(17)18)13(6-9)23-2/h4-6,8,15H,3,7H2,1-2H3,(H,19,22). The van der Waals surface area contributed by atoms with Gasteiger partial charge in [-0.05, 0) is 41.1 Å². The Morgan fingerprint density at radius 3 is 2.75 bits per heavy atom. The number of ether oxygens (including phenoxy) is 2. The highest BCUT2D eigenvalue weighted by Crippen LogP contribution is 2.29. The molecule has 6 nitrogen and oxygen atoms in total. The molecule has 0 saturated carbocycles. The van der Waals surface area contributed by atoms with Crippen LogP contribution in [0.2, 0.25) is 0 Å². The van der Waals surface area contributed by atoms with Crippen LogP contribution in [0.3, 0.4) is 0 Å². The SMILES string of the molecule is CCn1cc(Br)c(CNC(=O)c2ccc(OC(F)F)c(OC)c2)n1. The first kappa shape index (κ1) is 18.2. The summed E-state index contributed by atoms with van der Waals surface area (Å²) < 4.78 is 36.4. The Hall–Kier alpha value is -2.16. The monoisotopic (exact) mass is 403 g/mol. The first-order valence-corrected chi connectivity index (χ1v) is 7.86. The van der Waals surface area contributed by atoms with Gasteiger partial charge in [-0.15, -0.1) is 0 Å². The summed E-state index contributed by atoms with van der Waals surface area (Å²) in [7, 11) is 1.31. The van der Waals surface area contributed by atoms with E-state index in [1.54, 1.807) is 4.68 Å². The highest BCUT2D eigenvalue weighted by Gasteiger charge is 2.15. The summed E-state index contributed by atoms with van der Waals surface area (Å²) in [5.74, 6) is -0.456. The third-order valence-corrected chi connectivity index (χ3v) is 3.83. The Bertz CT molecular complexity index is 722. The number of nitrogens with one attached hydrogen (secondary N) is 1. The topological polar surface area (TPSA) is 65.4 Å². The summed E-state index contributed by atoms with van der Waals surface area (Å²) in [5.41, 5.74) is 0.953. The summed E-state index contributed by atoms with van der Waals surface area (Å²) >= 11 is 3.38. The molecule has 2 aromatic rings. The second-order valence-corrected chi connectivity index (χ2v) is 5.56. The highest BCUT2D eigenvalue weighted by molar-refractivity contribution is 9.10. The second-order valence-electron chi connectivity index (χ2n) is 4.71. The van der Waals surface area contributed by atoms with Gasteiger partial charge in [-0.2, -0.15) is 13.9 Å². The van der Waals surface area contributed by atoms with Crippen LogP contribution in [-0.2, 0) is 13.1 Å². The molecule has 0 aliphatic heterocycles. The zero-order valence-electron chi connectivity index (χ0n) is 13.1. The summed E-state index contributed by atoms with van der Waals surface area (Å²) in [6.45, 7) is -0.0687. The lowest BCUT2D eigenvalue weighted by molar-refractivity contribution is -0.0512. The molecule has 0 spiro atoms. The molecule has 1 aromatic heterocycles. The van der Waals surface area contributed by atoms with E-state index in [0.29, 0.717) is 5.69 Å². The van der Waals surface area contributed by atoms with Gasteiger partial charge in [0.1, 0.15) is 0 Å². The number of aryl methyl sites for hydroxylation is 1. The maximum absolute atomic E-state index is 12.3. The normalized spacial score (nSPS) is 10.8. The number of nitrogens with zero attached hydrogens (tertiary/aromatic N) is 2. The molecule has 0 unspecified atom stereocenters. The van der Waals surface area contributed by atoms with Gasteiger partial charge >= 0.3 is 6.61 Å². The number of rotatable bonds is 7. The summed E-state index contributed by atoms with van der Waals surface area (Å²) in [5, 5.41) is 7.02. The molecule has 24 heavy (non-hydrogen) atoms. The van der Waals surface area contributed by atoms with E-state index in [1.807, 2.05) is 13.1 Å². The van der Waals surface area contributed by atoms with Crippen LogP contribution in [0, 0.1) is 0 Å². The molecule has 2 rings (SSSR count). The third-order valence-electron chi connectivity index (χ3n) is 3.17. The Labute approximate surface area is 145 Å². The lowest BCUT2D eigenvalue weighted by Gasteiger charge is -2.11. The fourth-order valence-electron chi connectivity index (χ4n) is 1.99. The quantitative estimate of drug-likeness (QED) is 0.770. The first-order chi connectivity index (χ1) is 11.4. The fraction of sp³-hybridized carbons (Fsp3) is 0.333. The number of carbonyl (C=O) groups is 1. The Kier molecular flexibility index (Phi) is 6.13. The minimum atomic E-state index is -2.97. The minimum Gasteiger partial charge on any atom is -0.493 e. The van der Waals surface area contributed by atoms with Crippen LogP contribution in [0.4, 0.5) is 8.78 Å². The lowest BCUT2D eigenvalue weighted by Crippen LogP contribution is -2.23. The molecule has 0 saturated heterocycles. The van der Waals surface area contributed by atoms with Crippen molar-refractivity contribution in [3.63, 3.8) is 0 Å². The van der Waals surface area contributed by atoms with E-state index in [-0.39, 0.29) is 29.5 Å². The minimum absolute atomic E-state index is 0.0550. The Morgan fingerprint density at radius 2 is 2.17 bits per heavy atom. The Balaban J connectivity index is 2.07. The largest absolute Gasteiger partial charge is 0.493 e. The maximum atomic E-state index is 12.3. The molecular formula is C15H16BrF2N3O3. The number of carbonyl (C=O) groups excluding carboxylic acids is 1. The van der Waals surface area contributed by atoms with E-state index in [2.05, 4.69) is 31.1 Å². The average molecular weight is 404 g/mol. The molecule has 1 amide bonds. The van der Waals surface area contributed by atoms with Crippen LogP contribution in [-0.4, -0.2) is 29.4 Å². The number of hydrogen-bond acceptors (Lipinski definition) is 4. The zero-order chi connectivity index (χ0) is 17.7. The number of methoxy groups -OCH3 is 1. The van der Waals surface area contributed by atoms with Crippen molar-refractivity contribution >= 4 is 21.8 Å². The number of hydrogen-bond donors (Lipinski definition) is 1. The number of amides is 1. The summed E-state index contributed by atoms with van der Waals surface area (Å²) in [4.78, 5) is 12.2. The van der Waals surface area contributed by atoms with Crippen LogP contribution in [0.5, 0.6) is 11.5 Å². The molecule has 0 aliphatic rings. The molecule has 1 N–H and O–H groups in total. The van der Waals surface area contributed by atoms with Gasteiger partial charge in [-0.25, -0.2) is 0 Å². The summed E-state index contributed by atoms with van der Waals surface area (Å²) in [6, 6.07) is 3.99. The van der Waals surface area contributed by atoms with Crippen LogP contribution < -0.4 is 14.8 Å². The number of alkyl halides is 2. The van der Waals surface area contributed by atoms with E-state index < -0.39 is 6.61 Å². The molecule has 1 heterocycles. The van der Waals surface area contributed by atoms with Crippen LogP contribution in [0.1, 0.15) is 23.0 Å². The summed E-state index contributed by atoms with van der Waals surface area (Å²) in [6.07, 6.45) is 1.82. The molecular weight excluding hydrogens is 388 g/mol. The number of halogens is 3. The van der Waals surface area contributed by atoms with Gasteiger partial charge in [0.2, 0.25) is 0 Å². The maximum Gasteiger partial charge on any atom is 0.387 e. The fourth-order valence-corrected chi connectivity index (χ4v) is 2.44. The predicted molar refractivity (Wildman–Crippen MR) is 86.4 cm³/mol. The van der Waals surface area contributed by atoms with Crippen LogP contribution in [0.15, 0.2) is 28.9 Å². The van der Waals surface area contributed by atoms with Crippen molar-refractivity contribution in [2.75, 3.05) is 7.11 Å². The first-order valence-electron chi connectivity index (χ1n) is 7.07. The zero-order valence-corrected chi connectivity index (χ0v) is 14.6. The van der Waals surface area contributed by atoms with Gasteiger partial charge in [-0.1, -0.05) is 0 Å². The molecule has 0 fully saturated rings. The highest BCUT2D eigenvalue weighted by atomic mass is 79.9. The van der Waals surface area contributed by atoms with Crippen molar-refractivity contribution in [3.05, 3.63) is 40.1 Å². The molecule has 0 radical (unpaired) electrons. The van der Waals surface area contributed by atoms with E-state index in [1.165, 1.54) is 25.3 Å². The molecule has 0 bridgehead atoms. The van der Waals surface area contributed by atoms with Crippen LogP contribution >= 0.6 is 15.9 Å². The smallest absolute Gasteiger partial charge is 0.387 e. The molecule has 1 aromatic carbocycles. The van der Waals surface area contributed by atoms with E-state index in [9.17, 15) is 13.6 Å². The van der Waals surface area contributed by atoms with Crippen molar-refractivity contribution in [2.45, 2.75) is 26.6 Å². The van der Waals surface area contributed by atoms with Crippen molar-refractivity contribution in [1.29, 1.82) is 0 Å².